The molecular weight excluding hydrogens is 434 g/mol. The number of thioether (sulfide) groups is 1. The van der Waals surface area contributed by atoms with Crippen LogP contribution in [0.4, 0.5) is 5.69 Å². The molecule has 1 aliphatic heterocycles. The molecule has 176 valence electrons. The number of phenolic OH excluding ortho intramolecular Hbond substituents is 1. The lowest BCUT2D eigenvalue weighted by Crippen LogP contribution is -2.35. The number of anilines is 1. The van der Waals surface area contributed by atoms with Gasteiger partial charge in [-0.3, -0.25) is 9.59 Å². The third-order valence-corrected chi connectivity index (χ3v) is 6.73. The third kappa shape index (κ3) is 5.61. The van der Waals surface area contributed by atoms with Crippen LogP contribution in [0.25, 0.3) is 6.08 Å². The van der Waals surface area contributed by atoms with Gasteiger partial charge in [0.05, 0.1) is 10.6 Å². The Bertz CT molecular complexity index is 1070. The molecule has 6 heteroatoms. The quantitative estimate of drug-likeness (QED) is 0.502. The monoisotopic (exact) mass is 467 g/mol. The molecule has 1 heterocycles. The summed E-state index contributed by atoms with van der Waals surface area (Å²) in [6.07, 6.45) is 2.28. The molecule has 5 nitrogen and oxygen atoms in total. The van der Waals surface area contributed by atoms with Crippen LogP contribution in [0.2, 0.25) is 0 Å². The lowest BCUT2D eigenvalue weighted by Gasteiger charge is -2.31. The van der Waals surface area contributed by atoms with Crippen molar-refractivity contribution in [3.63, 3.8) is 0 Å². The van der Waals surface area contributed by atoms with Gasteiger partial charge in [-0.05, 0) is 53.2 Å². The molecule has 2 aromatic rings. The number of aliphatic carboxylic acids is 1. The van der Waals surface area contributed by atoms with Crippen molar-refractivity contribution in [3.05, 3.63) is 58.0 Å². The van der Waals surface area contributed by atoms with Crippen LogP contribution < -0.4 is 4.90 Å². The molecule has 0 unspecified atom stereocenters. The second-order valence-electron chi connectivity index (χ2n) is 10.5. The van der Waals surface area contributed by atoms with Gasteiger partial charge in [0.25, 0.3) is 5.91 Å². The molecule has 0 saturated heterocycles. The van der Waals surface area contributed by atoms with Gasteiger partial charge in [-0.25, -0.2) is 0 Å². The lowest BCUT2D eigenvalue weighted by atomic mass is 9.78. The largest absolute Gasteiger partial charge is 0.507 e. The van der Waals surface area contributed by atoms with Crippen LogP contribution in [0.1, 0.15) is 71.1 Å². The number of carboxylic acids is 1. The van der Waals surface area contributed by atoms with E-state index in [1.54, 1.807) is 4.90 Å². The fourth-order valence-electron chi connectivity index (χ4n) is 3.91. The summed E-state index contributed by atoms with van der Waals surface area (Å²) in [7, 11) is 0. The standard InChI is InChI=1S/C27H33NO4S/c1-26(2,3)18-14-17(15-19(24(18)31)27(4,5)6)16-22-25(32)28(13-9-12-23(29)30)20-10-7-8-11-21(20)33-22/h7-8,10-11,14-16,31H,9,12-13H2,1-6H3,(H,29,30)/b22-16+. The first-order valence-corrected chi connectivity index (χ1v) is 12.0. The molecule has 2 aromatic carbocycles. The highest BCUT2D eigenvalue weighted by Crippen LogP contribution is 2.44. The second-order valence-corrected chi connectivity index (χ2v) is 11.6. The first-order valence-electron chi connectivity index (χ1n) is 11.2. The maximum atomic E-state index is 13.4. The van der Waals surface area contributed by atoms with Gasteiger partial charge in [0.2, 0.25) is 0 Å². The average Bonchev–Trinajstić information content (AvgIpc) is 2.69. The Morgan fingerprint density at radius 3 is 2.15 bits per heavy atom. The number of nitrogens with zero attached hydrogens (tertiary/aromatic N) is 1. The van der Waals surface area contributed by atoms with E-state index in [0.717, 1.165) is 27.3 Å². The highest BCUT2D eigenvalue weighted by molar-refractivity contribution is 8.04. The molecule has 0 atom stereocenters. The van der Waals surface area contributed by atoms with Crippen LogP contribution in [-0.2, 0) is 20.4 Å². The Morgan fingerprint density at radius 2 is 1.61 bits per heavy atom. The van der Waals surface area contributed by atoms with Gasteiger partial charge in [0.1, 0.15) is 5.75 Å². The minimum Gasteiger partial charge on any atom is -0.507 e. The Labute approximate surface area is 200 Å². The molecule has 2 N–H and O–H groups in total. The summed E-state index contributed by atoms with van der Waals surface area (Å²) in [5.74, 6) is -0.696. The number of rotatable bonds is 5. The van der Waals surface area contributed by atoms with Crippen LogP contribution in [0.5, 0.6) is 5.75 Å². The third-order valence-electron chi connectivity index (χ3n) is 5.65. The number of phenols is 1. The lowest BCUT2D eigenvalue weighted by molar-refractivity contribution is -0.137. The van der Waals surface area contributed by atoms with Gasteiger partial charge >= 0.3 is 5.97 Å². The van der Waals surface area contributed by atoms with E-state index in [0.29, 0.717) is 23.6 Å². The van der Waals surface area contributed by atoms with E-state index in [2.05, 4.69) is 41.5 Å². The first-order chi connectivity index (χ1) is 15.3. The number of carbonyl (C=O) groups is 2. The summed E-state index contributed by atoms with van der Waals surface area (Å²) in [4.78, 5) is 27.6. The van der Waals surface area contributed by atoms with Crippen molar-refractivity contribution in [2.24, 2.45) is 0 Å². The van der Waals surface area contributed by atoms with Gasteiger partial charge in [-0.15, -0.1) is 0 Å². The van der Waals surface area contributed by atoms with Crippen LogP contribution in [-0.4, -0.2) is 28.6 Å². The normalized spacial score (nSPS) is 15.6. The zero-order valence-electron chi connectivity index (χ0n) is 20.2. The van der Waals surface area contributed by atoms with Gasteiger partial charge in [-0.2, -0.15) is 0 Å². The molecule has 0 aromatic heterocycles. The Balaban J connectivity index is 2.09. The first kappa shape index (κ1) is 24.9. The summed E-state index contributed by atoms with van der Waals surface area (Å²) < 4.78 is 0. The average molecular weight is 468 g/mol. The van der Waals surface area contributed by atoms with Crippen molar-refractivity contribution in [2.45, 2.75) is 70.1 Å². The predicted octanol–water partition coefficient (Wildman–Crippen LogP) is 6.33. The van der Waals surface area contributed by atoms with Crippen molar-refractivity contribution in [1.29, 1.82) is 0 Å². The maximum Gasteiger partial charge on any atom is 0.303 e. The summed E-state index contributed by atoms with van der Waals surface area (Å²) in [6.45, 7) is 12.7. The summed E-state index contributed by atoms with van der Waals surface area (Å²) in [5, 5.41) is 20.0. The van der Waals surface area contributed by atoms with Crippen molar-refractivity contribution < 1.29 is 19.8 Å². The number of carboxylic acid groups (broad SMARTS) is 1. The highest BCUT2D eigenvalue weighted by atomic mass is 32.2. The minimum atomic E-state index is -0.869. The molecular formula is C27H33NO4S. The van der Waals surface area contributed by atoms with Crippen LogP contribution in [0.15, 0.2) is 46.2 Å². The summed E-state index contributed by atoms with van der Waals surface area (Å²) in [6, 6.07) is 11.6. The summed E-state index contributed by atoms with van der Waals surface area (Å²) in [5.41, 5.74) is 2.83. The zero-order chi connectivity index (χ0) is 24.6. The number of hydrogen-bond donors (Lipinski definition) is 2. The molecule has 1 aliphatic rings. The molecule has 1 amide bonds. The fraction of sp³-hybridized carbons (Fsp3) is 0.407. The maximum absolute atomic E-state index is 13.4. The second kappa shape index (κ2) is 9.26. The van der Waals surface area contributed by atoms with E-state index in [9.17, 15) is 14.7 Å². The van der Waals surface area contributed by atoms with E-state index < -0.39 is 5.97 Å². The minimum absolute atomic E-state index is 0.0139. The molecule has 3 rings (SSSR count). The van der Waals surface area contributed by atoms with Crippen molar-refractivity contribution in [3.8, 4) is 5.75 Å². The Hall–Kier alpha value is -2.73. The van der Waals surface area contributed by atoms with Crippen LogP contribution in [0, 0.1) is 0 Å². The van der Waals surface area contributed by atoms with E-state index in [1.165, 1.54) is 11.8 Å². The summed E-state index contributed by atoms with van der Waals surface area (Å²) >= 11 is 1.43. The number of amides is 1. The van der Waals surface area contributed by atoms with Crippen molar-refractivity contribution >= 4 is 35.4 Å². The molecule has 0 bridgehead atoms. The van der Waals surface area contributed by atoms with E-state index in [1.807, 2.05) is 42.5 Å². The fourth-order valence-corrected chi connectivity index (χ4v) is 4.97. The topological polar surface area (TPSA) is 77.8 Å². The van der Waals surface area contributed by atoms with Crippen LogP contribution in [0.3, 0.4) is 0 Å². The number of benzene rings is 2. The number of fused-ring (bicyclic) bond motifs is 1. The van der Waals surface area contributed by atoms with Crippen LogP contribution >= 0.6 is 11.8 Å². The molecule has 0 fully saturated rings. The van der Waals surface area contributed by atoms with E-state index >= 15 is 0 Å². The number of carbonyl (C=O) groups excluding carboxylic acids is 1. The van der Waals surface area contributed by atoms with E-state index in [-0.39, 0.29) is 23.2 Å². The van der Waals surface area contributed by atoms with Gasteiger partial charge in [0, 0.05) is 29.0 Å². The predicted molar refractivity (Wildman–Crippen MR) is 135 cm³/mol. The molecule has 0 saturated carbocycles. The zero-order valence-corrected chi connectivity index (χ0v) is 21.0. The van der Waals surface area contributed by atoms with Crippen molar-refractivity contribution in [1.82, 2.24) is 0 Å². The molecule has 0 aliphatic carbocycles. The van der Waals surface area contributed by atoms with Crippen molar-refractivity contribution in [2.75, 3.05) is 11.4 Å². The molecule has 0 radical (unpaired) electrons. The van der Waals surface area contributed by atoms with Gasteiger partial charge in [-0.1, -0.05) is 65.4 Å². The molecule has 33 heavy (non-hydrogen) atoms. The molecule has 0 spiro atoms. The Morgan fingerprint density at radius 1 is 1.03 bits per heavy atom. The SMILES string of the molecule is CC(C)(C)c1cc(/C=C2/Sc3ccccc3N(CCCC(=O)O)C2=O)cc(C(C)(C)C)c1O. The number of hydrogen-bond acceptors (Lipinski definition) is 4. The van der Waals surface area contributed by atoms with E-state index in [4.69, 9.17) is 5.11 Å². The smallest absolute Gasteiger partial charge is 0.303 e. The highest BCUT2D eigenvalue weighted by Gasteiger charge is 2.30. The Kier molecular flexibility index (Phi) is 6.99. The van der Waals surface area contributed by atoms with Gasteiger partial charge in [0.15, 0.2) is 0 Å². The van der Waals surface area contributed by atoms with Gasteiger partial charge < -0.3 is 15.1 Å². The number of para-hydroxylation sites is 1. The number of aromatic hydroxyl groups is 1.